The van der Waals surface area contributed by atoms with Gasteiger partial charge in [0.05, 0.1) is 6.61 Å². The zero-order valence-corrected chi connectivity index (χ0v) is 22.4. The summed E-state index contributed by atoms with van der Waals surface area (Å²) in [5, 5.41) is 11.3. The highest BCUT2D eigenvalue weighted by atomic mass is 16.5. The second-order valence-electron chi connectivity index (χ2n) is 11.2. The highest BCUT2D eigenvalue weighted by Gasteiger charge is 2.60. The van der Waals surface area contributed by atoms with Crippen LogP contribution in [0.5, 0.6) is 11.5 Å². The van der Waals surface area contributed by atoms with Crippen LogP contribution in [0, 0.1) is 5.92 Å². The van der Waals surface area contributed by atoms with Gasteiger partial charge in [-0.05, 0) is 87.2 Å². The molecule has 0 bridgehead atoms. The summed E-state index contributed by atoms with van der Waals surface area (Å²) in [7, 11) is 0. The molecule has 2 N–H and O–H groups in total. The van der Waals surface area contributed by atoms with Gasteiger partial charge in [-0.1, -0.05) is 19.1 Å². The van der Waals surface area contributed by atoms with Gasteiger partial charge < -0.3 is 19.7 Å². The van der Waals surface area contributed by atoms with Crippen LogP contribution in [0.2, 0.25) is 0 Å². The highest BCUT2D eigenvalue weighted by molar-refractivity contribution is 6.08. The molecule has 0 spiro atoms. The van der Waals surface area contributed by atoms with Gasteiger partial charge in [0, 0.05) is 36.1 Å². The topological polar surface area (TPSA) is 89.1 Å². The van der Waals surface area contributed by atoms with Gasteiger partial charge >= 0.3 is 6.03 Å². The minimum absolute atomic E-state index is 0.125. The predicted molar refractivity (Wildman–Crippen MR) is 145 cm³/mol. The van der Waals surface area contributed by atoms with Crippen LogP contribution in [0.25, 0.3) is 10.9 Å². The summed E-state index contributed by atoms with van der Waals surface area (Å²) in [6, 6.07) is 12.1. The lowest BCUT2D eigenvalue weighted by molar-refractivity contribution is -0.133. The van der Waals surface area contributed by atoms with Crippen molar-refractivity contribution >= 4 is 22.8 Å². The van der Waals surface area contributed by atoms with E-state index in [1.807, 2.05) is 38.1 Å². The second-order valence-corrected chi connectivity index (χ2v) is 11.2. The standard InChI is InChI=1S/C30H36N4O4/c1-4-38-22-8-9-25-23(17-22)24-18-30(3)28(36)33(15-14-32-12-10-19(2)11-13-32)29(37)34(30)27(26(24)31-25)20-6-5-7-21(35)16-20/h5-9,16-17,19,27,31,35H,4,10-15,18H2,1-3H3. The lowest BCUT2D eigenvalue weighted by atomic mass is 9.81. The minimum atomic E-state index is -1.03. The normalized spacial score (nSPS) is 24.2. The Kier molecular flexibility index (Phi) is 6.10. The maximum absolute atomic E-state index is 14.0. The number of carbonyl (C=O) groups excluding carboxylic acids is 2. The number of hydrogen-bond acceptors (Lipinski definition) is 5. The number of fused-ring (bicyclic) bond motifs is 4. The fourth-order valence-electron chi connectivity index (χ4n) is 6.51. The summed E-state index contributed by atoms with van der Waals surface area (Å²) in [5.74, 6) is 1.47. The van der Waals surface area contributed by atoms with Crippen LogP contribution in [-0.4, -0.2) is 75.1 Å². The molecule has 3 aliphatic rings. The molecule has 38 heavy (non-hydrogen) atoms. The van der Waals surface area contributed by atoms with Crippen molar-refractivity contribution in [1.29, 1.82) is 0 Å². The molecule has 2 aromatic carbocycles. The number of hydrogen-bond donors (Lipinski definition) is 2. The van der Waals surface area contributed by atoms with E-state index in [0.717, 1.165) is 65.3 Å². The van der Waals surface area contributed by atoms with Crippen LogP contribution < -0.4 is 4.74 Å². The Balaban J connectivity index is 1.41. The molecule has 8 nitrogen and oxygen atoms in total. The number of phenols is 1. The van der Waals surface area contributed by atoms with E-state index in [2.05, 4.69) is 16.8 Å². The Hall–Kier alpha value is -3.52. The number of urea groups is 1. The number of aromatic amines is 1. The molecule has 1 aromatic heterocycles. The monoisotopic (exact) mass is 516 g/mol. The maximum atomic E-state index is 14.0. The molecule has 3 aromatic rings. The number of benzene rings is 2. The number of nitrogens with one attached hydrogen (secondary N) is 1. The van der Waals surface area contributed by atoms with Crippen molar-refractivity contribution < 1.29 is 19.4 Å². The van der Waals surface area contributed by atoms with E-state index in [-0.39, 0.29) is 17.7 Å². The van der Waals surface area contributed by atoms with Gasteiger partial charge in [0.15, 0.2) is 0 Å². The van der Waals surface area contributed by atoms with Gasteiger partial charge in [-0.3, -0.25) is 14.6 Å². The molecule has 6 rings (SSSR count). The minimum Gasteiger partial charge on any atom is -0.508 e. The molecule has 0 aliphatic carbocycles. The Bertz CT molecular complexity index is 1390. The zero-order chi connectivity index (χ0) is 26.6. The van der Waals surface area contributed by atoms with Crippen molar-refractivity contribution in [3.8, 4) is 11.5 Å². The van der Waals surface area contributed by atoms with Gasteiger partial charge in [0.1, 0.15) is 23.1 Å². The van der Waals surface area contributed by atoms with E-state index in [9.17, 15) is 14.7 Å². The third kappa shape index (κ3) is 3.93. The average molecular weight is 517 g/mol. The first-order valence-electron chi connectivity index (χ1n) is 13.7. The molecule has 3 aliphatic heterocycles. The Morgan fingerprint density at radius 2 is 1.89 bits per heavy atom. The first-order chi connectivity index (χ1) is 18.3. The van der Waals surface area contributed by atoms with E-state index in [4.69, 9.17) is 4.74 Å². The number of ether oxygens (including phenoxy) is 1. The molecule has 2 atom stereocenters. The van der Waals surface area contributed by atoms with Crippen molar-refractivity contribution in [3.63, 3.8) is 0 Å². The molecular formula is C30H36N4O4. The fraction of sp³-hybridized carbons (Fsp3) is 0.467. The van der Waals surface area contributed by atoms with E-state index in [1.165, 1.54) is 4.90 Å². The van der Waals surface area contributed by atoms with Crippen molar-refractivity contribution in [3.05, 3.63) is 59.3 Å². The lowest BCUT2D eigenvalue weighted by Gasteiger charge is -2.42. The number of aromatic hydroxyl groups is 1. The number of phenolic OH excluding ortho intramolecular Hbond substituents is 1. The molecule has 2 unspecified atom stereocenters. The molecule has 8 heteroatoms. The Morgan fingerprint density at radius 1 is 1.11 bits per heavy atom. The van der Waals surface area contributed by atoms with Crippen molar-refractivity contribution in [2.24, 2.45) is 5.92 Å². The van der Waals surface area contributed by atoms with Gasteiger partial charge in [-0.2, -0.15) is 0 Å². The molecule has 200 valence electrons. The first kappa shape index (κ1) is 24.8. The molecule has 0 saturated carbocycles. The van der Waals surface area contributed by atoms with Crippen LogP contribution >= 0.6 is 0 Å². The quantitative estimate of drug-likeness (QED) is 0.465. The van der Waals surface area contributed by atoms with Gasteiger partial charge in [0.25, 0.3) is 5.91 Å². The predicted octanol–water partition coefficient (Wildman–Crippen LogP) is 4.67. The van der Waals surface area contributed by atoms with E-state index in [1.54, 1.807) is 23.1 Å². The van der Waals surface area contributed by atoms with Gasteiger partial charge in [0.2, 0.25) is 0 Å². The van der Waals surface area contributed by atoms with Crippen LogP contribution in [0.15, 0.2) is 42.5 Å². The summed E-state index contributed by atoms with van der Waals surface area (Å²) in [4.78, 5) is 37.2. The molecule has 2 fully saturated rings. The van der Waals surface area contributed by atoms with Gasteiger partial charge in [-0.15, -0.1) is 0 Å². The third-order valence-electron chi connectivity index (χ3n) is 8.65. The van der Waals surface area contributed by atoms with Crippen LogP contribution in [0.1, 0.15) is 56.5 Å². The zero-order valence-electron chi connectivity index (χ0n) is 22.4. The molecular weight excluding hydrogens is 480 g/mol. The summed E-state index contributed by atoms with van der Waals surface area (Å²) >= 11 is 0. The average Bonchev–Trinajstić information content (AvgIpc) is 3.34. The third-order valence-corrected chi connectivity index (χ3v) is 8.65. The summed E-state index contributed by atoms with van der Waals surface area (Å²) in [6.07, 6.45) is 2.71. The first-order valence-corrected chi connectivity index (χ1v) is 13.7. The number of likely N-dealkylation sites (tertiary alicyclic amines) is 1. The highest BCUT2D eigenvalue weighted by Crippen LogP contribution is 2.49. The fourth-order valence-corrected chi connectivity index (χ4v) is 6.51. The van der Waals surface area contributed by atoms with Crippen molar-refractivity contribution in [2.75, 3.05) is 32.8 Å². The number of amides is 3. The van der Waals surface area contributed by atoms with E-state index in [0.29, 0.717) is 26.1 Å². The Labute approximate surface area is 223 Å². The molecule has 3 amide bonds. The molecule has 0 radical (unpaired) electrons. The van der Waals surface area contributed by atoms with Crippen molar-refractivity contribution in [1.82, 2.24) is 19.7 Å². The Morgan fingerprint density at radius 3 is 2.63 bits per heavy atom. The number of piperidine rings is 1. The van der Waals surface area contributed by atoms with E-state index < -0.39 is 11.6 Å². The number of nitrogens with zero attached hydrogens (tertiary/aromatic N) is 3. The number of carbonyl (C=O) groups is 2. The van der Waals surface area contributed by atoms with E-state index >= 15 is 0 Å². The lowest BCUT2D eigenvalue weighted by Crippen LogP contribution is -2.53. The molecule has 4 heterocycles. The number of rotatable bonds is 6. The maximum Gasteiger partial charge on any atom is 0.328 e. The van der Waals surface area contributed by atoms with Crippen molar-refractivity contribution in [2.45, 2.75) is 51.6 Å². The smallest absolute Gasteiger partial charge is 0.328 e. The summed E-state index contributed by atoms with van der Waals surface area (Å²) in [5.41, 5.74) is 2.56. The number of aromatic nitrogens is 1. The van der Waals surface area contributed by atoms with Crippen LogP contribution in [-0.2, 0) is 11.2 Å². The number of H-pyrrole nitrogens is 1. The summed E-state index contributed by atoms with van der Waals surface area (Å²) < 4.78 is 5.77. The summed E-state index contributed by atoms with van der Waals surface area (Å²) in [6.45, 7) is 9.76. The van der Waals surface area contributed by atoms with Gasteiger partial charge in [-0.25, -0.2) is 4.79 Å². The van der Waals surface area contributed by atoms with Crippen LogP contribution in [0.4, 0.5) is 4.79 Å². The SMILES string of the molecule is CCOc1ccc2[nH]c3c(c2c1)CC1(C)C(=O)N(CCN2CCC(C)CC2)C(=O)N1C3c1cccc(O)c1. The number of imide groups is 1. The van der Waals surface area contributed by atoms with Crippen LogP contribution in [0.3, 0.4) is 0 Å². The largest absolute Gasteiger partial charge is 0.508 e. The molecule has 2 saturated heterocycles. The second kappa shape index (κ2) is 9.34.